The number of alkyl halides is 9. The number of methoxy groups -OCH3 is 2. The van der Waals surface area contributed by atoms with Crippen molar-refractivity contribution in [1.82, 2.24) is 6.15 Å². The van der Waals surface area contributed by atoms with Crippen molar-refractivity contribution in [3.8, 4) is 17.2 Å². The Kier molecular flexibility index (Phi) is 31.7. The van der Waals surface area contributed by atoms with Gasteiger partial charge in [-0.05, 0) is 67.4 Å². The third-order valence-electron chi connectivity index (χ3n) is 5.94. The SMILES string of the molecule is C.C1CCOC1.COC(=O)CCO.COC(=O)COc1cc(Cl)cc(C(F)(F)F)c1.N.NC(=O)COc1cc(Cl)cc(C(F)(F)F)c1.O.Oc1cc(Cl)cc(C(F)(F)F)c1. The number of halogens is 12. The number of ether oxygens (including phenoxy) is 5. The van der Waals surface area contributed by atoms with E-state index in [1.54, 1.807) is 0 Å². The van der Waals surface area contributed by atoms with Crippen LogP contribution in [-0.4, -0.2) is 80.8 Å². The number of aliphatic hydroxyl groups excluding tert-OH is 1. The van der Waals surface area contributed by atoms with E-state index in [1.807, 2.05) is 0 Å². The van der Waals surface area contributed by atoms with Gasteiger partial charge in [0.2, 0.25) is 0 Å². The van der Waals surface area contributed by atoms with Crippen molar-refractivity contribution >= 4 is 52.6 Å². The van der Waals surface area contributed by atoms with E-state index in [1.165, 1.54) is 32.1 Å². The molecule has 0 saturated carbocycles. The normalized spacial score (nSPS) is 11.4. The van der Waals surface area contributed by atoms with Crippen LogP contribution in [0.4, 0.5) is 39.5 Å². The lowest BCUT2D eigenvalue weighted by atomic mass is 10.2. The fourth-order valence-corrected chi connectivity index (χ4v) is 4.10. The Labute approximate surface area is 353 Å². The zero-order valence-corrected chi connectivity index (χ0v) is 33.1. The molecule has 1 aliphatic heterocycles. The zero-order chi connectivity index (χ0) is 44.0. The number of primary amides is 1. The molecule has 1 aliphatic rings. The number of hydrogen-bond acceptors (Lipinski definition) is 11. The quantitative estimate of drug-likeness (QED) is 0.124. The molecule has 0 radical (unpaired) electrons. The summed E-state index contributed by atoms with van der Waals surface area (Å²) >= 11 is 16.3. The minimum Gasteiger partial charge on any atom is -0.508 e. The molecule has 1 saturated heterocycles. The molecule has 0 aromatic heterocycles. The predicted octanol–water partition coefficient (Wildman–Crippen LogP) is 8.51. The van der Waals surface area contributed by atoms with Crippen molar-refractivity contribution in [3.05, 3.63) is 86.4 Å². The topological polar surface area (TPSA) is 230 Å². The number of nitrogens with two attached hydrogens (primary N) is 1. The smallest absolute Gasteiger partial charge is 0.416 e. The monoisotopic (exact) mass is 944 g/mol. The molecule has 4 rings (SSSR count). The van der Waals surface area contributed by atoms with E-state index in [-0.39, 0.29) is 64.6 Å². The summed E-state index contributed by atoms with van der Waals surface area (Å²) in [5.74, 6) is -2.64. The zero-order valence-electron chi connectivity index (χ0n) is 30.8. The molecule has 1 heterocycles. The van der Waals surface area contributed by atoms with Gasteiger partial charge in [0.25, 0.3) is 5.91 Å². The minimum absolute atomic E-state index is 0. The van der Waals surface area contributed by atoms with Crippen molar-refractivity contribution in [2.45, 2.75) is 45.2 Å². The average molecular weight is 946 g/mol. The van der Waals surface area contributed by atoms with E-state index in [0.717, 1.165) is 56.7 Å². The Morgan fingerprint density at radius 3 is 1.32 bits per heavy atom. The number of benzene rings is 3. The van der Waals surface area contributed by atoms with Gasteiger partial charge in [0.05, 0.1) is 43.9 Å². The first-order valence-corrected chi connectivity index (χ1v) is 16.6. The number of aromatic hydroxyl groups is 1. The standard InChI is InChI=1S/C10H8ClF3O3.C9H7ClF3NO2.C7H4ClF3O.C4H8O3.C4H8O.CH4.H3N.H2O/c1-16-9(15)5-17-8-3-6(10(12,13)14)2-7(11)4-8;10-6-1-5(9(11,12)13)2-7(3-6)16-4-8(14)15;8-5-1-4(7(9,10)11)2-6(12)3-5;1-7-4(6)2-3-5;1-2-4-5-3-1;;;/h2-4H,5H2,1H3;1-3H,4H2,(H2,14,15);1-3,12H;5H,2-3H2,1H3;1-4H2;1H4;1H3;1H2. The molecule has 0 aliphatic carbocycles. The van der Waals surface area contributed by atoms with Crippen LogP contribution in [0.2, 0.25) is 15.1 Å². The van der Waals surface area contributed by atoms with Gasteiger partial charge in [-0.15, -0.1) is 0 Å². The third kappa shape index (κ3) is 28.9. The second-order valence-electron chi connectivity index (χ2n) is 10.5. The van der Waals surface area contributed by atoms with Crippen molar-refractivity contribution < 1.29 is 93.3 Å². The number of hydrogen-bond donors (Lipinski definition) is 4. The molecular formula is C35H44Cl3F9N2O11. The van der Waals surface area contributed by atoms with Gasteiger partial charge < -0.3 is 51.3 Å². The summed E-state index contributed by atoms with van der Waals surface area (Å²) in [6, 6.07) is 7.79. The van der Waals surface area contributed by atoms with Gasteiger partial charge in [-0.2, -0.15) is 39.5 Å². The lowest BCUT2D eigenvalue weighted by molar-refractivity contribution is -0.143. The maximum absolute atomic E-state index is 12.4. The number of rotatable bonds is 8. The number of esters is 2. The van der Waals surface area contributed by atoms with E-state index < -0.39 is 66.1 Å². The first kappa shape index (κ1) is 62.2. The van der Waals surface area contributed by atoms with Crippen molar-refractivity contribution in [2.75, 3.05) is 47.3 Å². The lowest BCUT2D eigenvalue weighted by Crippen LogP contribution is -2.20. The maximum Gasteiger partial charge on any atom is 0.416 e. The van der Waals surface area contributed by atoms with Crippen molar-refractivity contribution in [1.29, 1.82) is 0 Å². The summed E-state index contributed by atoms with van der Waals surface area (Å²) in [4.78, 5) is 31.2. The fourth-order valence-electron chi connectivity index (χ4n) is 3.42. The summed E-state index contributed by atoms with van der Waals surface area (Å²) in [6.45, 7) is 0.887. The highest BCUT2D eigenvalue weighted by Gasteiger charge is 2.33. The van der Waals surface area contributed by atoms with Gasteiger partial charge in [0, 0.05) is 28.3 Å². The van der Waals surface area contributed by atoms with E-state index in [9.17, 15) is 53.9 Å². The third-order valence-corrected chi connectivity index (χ3v) is 6.60. The van der Waals surface area contributed by atoms with E-state index >= 15 is 0 Å². The second kappa shape index (κ2) is 30.6. The summed E-state index contributed by atoms with van der Waals surface area (Å²) in [6.07, 6.45) is -10.9. The highest BCUT2D eigenvalue weighted by molar-refractivity contribution is 6.31. The number of phenolic OH excluding ortho intramolecular Hbond substituents is 1. The molecule has 344 valence electrons. The highest BCUT2D eigenvalue weighted by atomic mass is 35.5. The largest absolute Gasteiger partial charge is 0.508 e. The Hall–Kier alpha value is -4.45. The number of carbonyl (C=O) groups is 3. The highest BCUT2D eigenvalue weighted by Crippen LogP contribution is 2.36. The average Bonchev–Trinajstić information content (AvgIpc) is 3.69. The number of phenols is 1. The van der Waals surface area contributed by atoms with Crippen LogP contribution in [0.5, 0.6) is 17.2 Å². The Balaban J connectivity index is -0.000000340. The molecule has 9 N–H and O–H groups in total. The predicted molar refractivity (Wildman–Crippen MR) is 202 cm³/mol. The van der Waals surface area contributed by atoms with Crippen LogP contribution < -0.4 is 21.4 Å². The van der Waals surface area contributed by atoms with Gasteiger partial charge in [-0.25, -0.2) is 4.79 Å². The van der Waals surface area contributed by atoms with Crippen LogP contribution in [0.25, 0.3) is 0 Å². The van der Waals surface area contributed by atoms with Crippen LogP contribution in [0, 0.1) is 0 Å². The minimum atomic E-state index is -4.52. The molecule has 0 bridgehead atoms. The molecule has 3 aromatic carbocycles. The van der Waals surface area contributed by atoms with Gasteiger partial charge in [-0.3, -0.25) is 9.59 Å². The molecule has 1 amide bonds. The first-order chi connectivity index (χ1) is 26.3. The summed E-state index contributed by atoms with van der Waals surface area (Å²) in [5, 5.41) is 16.4. The summed E-state index contributed by atoms with van der Waals surface area (Å²) < 4.78 is 133. The Bertz CT molecular complexity index is 1690. The van der Waals surface area contributed by atoms with Crippen LogP contribution in [0.15, 0.2) is 54.6 Å². The molecule has 60 heavy (non-hydrogen) atoms. The molecule has 25 heteroatoms. The Morgan fingerprint density at radius 2 is 1.03 bits per heavy atom. The fraction of sp³-hybridized carbons (Fsp3) is 0.400. The van der Waals surface area contributed by atoms with Gasteiger partial charge in [0.1, 0.15) is 17.2 Å². The molecule has 0 unspecified atom stereocenters. The van der Waals surface area contributed by atoms with E-state index in [0.29, 0.717) is 6.07 Å². The first-order valence-electron chi connectivity index (χ1n) is 15.5. The Morgan fingerprint density at radius 1 is 0.667 bits per heavy atom. The second-order valence-corrected chi connectivity index (χ2v) is 11.8. The molecule has 3 aromatic rings. The van der Waals surface area contributed by atoms with Gasteiger partial charge in [-0.1, -0.05) is 42.2 Å². The van der Waals surface area contributed by atoms with E-state index in [4.69, 9.17) is 65.0 Å². The van der Waals surface area contributed by atoms with Gasteiger partial charge >= 0.3 is 30.5 Å². The summed E-state index contributed by atoms with van der Waals surface area (Å²) in [5.41, 5.74) is 1.95. The van der Waals surface area contributed by atoms with Crippen LogP contribution in [0.1, 0.15) is 43.4 Å². The number of amides is 1. The lowest BCUT2D eigenvalue weighted by Gasteiger charge is -2.10. The number of aliphatic hydroxyl groups is 1. The molecule has 13 nitrogen and oxygen atoms in total. The van der Waals surface area contributed by atoms with E-state index in [2.05, 4.69) is 9.47 Å². The van der Waals surface area contributed by atoms with Crippen LogP contribution in [-0.2, 0) is 47.1 Å². The number of carbonyl (C=O) groups excluding carboxylic acids is 3. The molecular weight excluding hydrogens is 902 g/mol. The van der Waals surface area contributed by atoms with Crippen LogP contribution in [0.3, 0.4) is 0 Å². The van der Waals surface area contributed by atoms with Crippen LogP contribution >= 0.6 is 34.8 Å². The van der Waals surface area contributed by atoms with Gasteiger partial charge in [0.15, 0.2) is 13.2 Å². The summed E-state index contributed by atoms with van der Waals surface area (Å²) in [7, 11) is 2.43. The van der Waals surface area contributed by atoms with Crippen molar-refractivity contribution in [2.24, 2.45) is 5.73 Å². The molecule has 0 spiro atoms. The van der Waals surface area contributed by atoms with Crippen molar-refractivity contribution in [3.63, 3.8) is 0 Å². The molecule has 0 atom stereocenters. The maximum atomic E-state index is 12.4. The molecule has 1 fully saturated rings.